The van der Waals surface area contributed by atoms with E-state index in [9.17, 15) is 14.7 Å². The molecular weight excluding hydrogens is 232 g/mol. The largest absolute Gasteiger partial charge is 0.480 e. The van der Waals surface area contributed by atoms with Gasteiger partial charge in [0.15, 0.2) is 0 Å². The minimum Gasteiger partial charge on any atom is -0.480 e. The molecule has 1 N–H and O–H groups in total. The number of aliphatic carboxylic acids is 1. The van der Waals surface area contributed by atoms with Crippen molar-refractivity contribution >= 4 is 12.0 Å². The molecule has 1 heterocycles. The number of likely N-dealkylation sites (tertiary alicyclic amines) is 1. The van der Waals surface area contributed by atoms with E-state index in [1.165, 1.54) is 4.90 Å². The summed E-state index contributed by atoms with van der Waals surface area (Å²) in [6.45, 7) is 8.14. The van der Waals surface area contributed by atoms with Crippen LogP contribution < -0.4 is 0 Å². The van der Waals surface area contributed by atoms with Crippen molar-refractivity contribution in [1.29, 1.82) is 0 Å². The van der Waals surface area contributed by atoms with Crippen molar-refractivity contribution in [1.82, 2.24) is 9.80 Å². The normalized spacial score (nSPS) is 24.2. The second-order valence-corrected chi connectivity index (χ2v) is 5.84. The Bertz CT molecular complexity index is 354. The van der Waals surface area contributed by atoms with Crippen LogP contribution in [0.25, 0.3) is 0 Å². The first-order chi connectivity index (χ1) is 8.16. The fraction of sp³-hybridized carbons (Fsp3) is 0.846. The van der Waals surface area contributed by atoms with Crippen LogP contribution in [0.3, 0.4) is 0 Å². The number of amides is 2. The zero-order chi connectivity index (χ0) is 14.1. The van der Waals surface area contributed by atoms with Gasteiger partial charge in [0.2, 0.25) is 0 Å². The Balaban J connectivity index is 2.94. The number of carbonyl (C=O) groups is 2. The number of carboxylic acids is 1. The molecule has 1 rings (SSSR count). The number of nitrogens with zero attached hydrogens (tertiary/aromatic N) is 2. The third-order valence-electron chi connectivity index (χ3n) is 4.39. The average Bonchev–Trinajstić information content (AvgIpc) is 2.70. The van der Waals surface area contributed by atoms with E-state index in [-0.39, 0.29) is 11.6 Å². The average molecular weight is 256 g/mol. The smallest absolute Gasteiger partial charge is 0.329 e. The molecule has 1 unspecified atom stereocenters. The predicted octanol–water partition coefficient (Wildman–Crippen LogP) is 2.17. The van der Waals surface area contributed by atoms with E-state index in [1.54, 1.807) is 18.9 Å². The quantitative estimate of drug-likeness (QED) is 0.841. The highest BCUT2D eigenvalue weighted by molar-refractivity contribution is 5.86. The zero-order valence-electron chi connectivity index (χ0n) is 12.0. The first-order valence-electron chi connectivity index (χ1n) is 6.45. The van der Waals surface area contributed by atoms with Crippen molar-refractivity contribution in [3.8, 4) is 0 Å². The molecule has 1 fully saturated rings. The first kappa shape index (κ1) is 14.8. The standard InChI is InChI=1S/C13H24N2O3/c1-6-12(2,3)14(5)11(18)15-9-7-8-13(15,4)10(16)17/h6-9H2,1-5H3,(H,16,17). The number of carboxylic acid groups (broad SMARTS) is 1. The Hall–Kier alpha value is -1.26. The lowest BCUT2D eigenvalue weighted by atomic mass is 9.98. The summed E-state index contributed by atoms with van der Waals surface area (Å²) >= 11 is 0. The van der Waals surface area contributed by atoms with Crippen LogP contribution in [0, 0.1) is 0 Å². The van der Waals surface area contributed by atoms with Gasteiger partial charge in [0.05, 0.1) is 0 Å². The highest BCUT2D eigenvalue weighted by Gasteiger charge is 2.47. The molecule has 5 heteroatoms. The van der Waals surface area contributed by atoms with Crippen LogP contribution in [0.2, 0.25) is 0 Å². The zero-order valence-corrected chi connectivity index (χ0v) is 12.0. The van der Waals surface area contributed by atoms with Crippen LogP contribution in [0.1, 0.15) is 47.0 Å². The molecule has 1 aliphatic heterocycles. The van der Waals surface area contributed by atoms with Gasteiger partial charge in [0.25, 0.3) is 0 Å². The van der Waals surface area contributed by atoms with Gasteiger partial charge >= 0.3 is 12.0 Å². The second-order valence-electron chi connectivity index (χ2n) is 5.84. The number of hydrogen-bond acceptors (Lipinski definition) is 2. The molecule has 0 spiro atoms. The minimum absolute atomic E-state index is 0.191. The van der Waals surface area contributed by atoms with Gasteiger partial charge in [-0.2, -0.15) is 0 Å². The van der Waals surface area contributed by atoms with Crippen LogP contribution in [-0.4, -0.2) is 51.6 Å². The van der Waals surface area contributed by atoms with Gasteiger partial charge in [-0.05, 0) is 40.0 Å². The highest BCUT2D eigenvalue weighted by Crippen LogP contribution is 2.31. The van der Waals surface area contributed by atoms with Gasteiger partial charge in [-0.3, -0.25) is 0 Å². The molecule has 18 heavy (non-hydrogen) atoms. The molecule has 2 amide bonds. The Morgan fingerprint density at radius 2 is 2.00 bits per heavy atom. The fourth-order valence-corrected chi connectivity index (χ4v) is 2.17. The monoisotopic (exact) mass is 256 g/mol. The van der Waals surface area contributed by atoms with E-state index >= 15 is 0 Å². The van der Waals surface area contributed by atoms with Gasteiger partial charge in [0.1, 0.15) is 5.54 Å². The summed E-state index contributed by atoms with van der Waals surface area (Å²) in [6, 6.07) is -0.191. The topological polar surface area (TPSA) is 60.9 Å². The molecule has 0 aromatic carbocycles. The van der Waals surface area contributed by atoms with Gasteiger partial charge in [-0.25, -0.2) is 9.59 Å². The summed E-state index contributed by atoms with van der Waals surface area (Å²) in [7, 11) is 1.74. The van der Waals surface area contributed by atoms with E-state index in [2.05, 4.69) is 0 Å². The molecule has 5 nitrogen and oxygen atoms in total. The summed E-state index contributed by atoms with van der Waals surface area (Å²) in [5.41, 5.74) is -1.33. The van der Waals surface area contributed by atoms with E-state index < -0.39 is 11.5 Å². The Kier molecular flexibility index (Phi) is 3.93. The van der Waals surface area contributed by atoms with Gasteiger partial charge in [-0.15, -0.1) is 0 Å². The Morgan fingerprint density at radius 3 is 2.44 bits per heavy atom. The van der Waals surface area contributed by atoms with E-state index in [0.29, 0.717) is 13.0 Å². The van der Waals surface area contributed by atoms with Crippen molar-refractivity contribution in [2.24, 2.45) is 0 Å². The molecule has 0 aliphatic carbocycles. The fourth-order valence-electron chi connectivity index (χ4n) is 2.17. The first-order valence-corrected chi connectivity index (χ1v) is 6.45. The van der Waals surface area contributed by atoms with Crippen LogP contribution in [0.4, 0.5) is 4.79 Å². The Labute approximate surface area is 109 Å². The lowest BCUT2D eigenvalue weighted by Crippen LogP contribution is -2.58. The molecule has 1 aliphatic rings. The van der Waals surface area contributed by atoms with Gasteiger partial charge in [0, 0.05) is 19.1 Å². The lowest BCUT2D eigenvalue weighted by molar-refractivity contribution is -0.147. The molecule has 0 aromatic heterocycles. The van der Waals surface area contributed by atoms with Crippen molar-refractivity contribution < 1.29 is 14.7 Å². The molecule has 104 valence electrons. The maximum atomic E-state index is 12.5. The summed E-state index contributed by atoms with van der Waals surface area (Å²) in [5, 5.41) is 9.32. The molecule has 0 aromatic rings. The van der Waals surface area contributed by atoms with Crippen LogP contribution in [-0.2, 0) is 4.79 Å². The maximum Gasteiger partial charge on any atom is 0.329 e. The minimum atomic E-state index is -1.06. The van der Waals surface area contributed by atoms with Crippen LogP contribution in [0.15, 0.2) is 0 Å². The highest BCUT2D eigenvalue weighted by atomic mass is 16.4. The van der Waals surface area contributed by atoms with Gasteiger partial charge in [-0.1, -0.05) is 6.92 Å². The van der Waals surface area contributed by atoms with Crippen LogP contribution in [0.5, 0.6) is 0 Å². The molecule has 0 saturated carbocycles. The number of rotatable bonds is 3. The third kappa shape index (κ3) is 2.31. The molecule has 1 atom stereocenters. The van der Waals surface area contributed by atoms with Crippen molar-refractivity contribution in [3.63, 3.8) is 0 Å². The van der Waals surface area contributed by atoms with Crippen molar-refractivity contribution in [2.45, 2.75) is 58.0 Å². The summed E-state index contributed by atoms with van der Waals surface area (Å²) < 4.78 is 0. The second kappa shape index (κ2) is 4.78. The van der Waals surface area contributed by atoms with Crippen molar-refractivity contribution in [2.75, 3.05) is 13.6 Å². The summed E-state index contributed by atoms with van der Waals surface area (Å²) in [4.78, 5) is 27.0. The molecule has 1 saturated heterocycles. The summed E-state index contributed by atoms with van der Waals surface area (Å²) in [6.07, 6.45) is 2.09. The Morgan fingerprint density at radius 1 is 1.44 bits per heavy atom. The SMILES string of the molecule is CCC(C)(C)N(C)C(=O)N1CCCC1(C)C(=O)O. The molecule has 0 bridgehead atoms. The summed E-state index contributed by atoms with van der Waals surface area (Å²) in [5.74, 6) is -0.920. The number of carbonyl (C=O) groups excluding carboxylic acids is 1. The lowest BCUT2D eigenvalue weighted by Gasteiger charge is -2.41. The molecular formula is C13H24N2O3. The van der Waals surface area contributed by atoms with E-state index in [1.807, 2.05) is 20.8 Å². The molecule has 0 radical (unpaired) electrons. The predicted molar refractivity (Wildman–Crippen MR) is 69.5 cm³/mol. The number of urea groups is 1. The number of hydrogen-bond donors (Lipinski definition) is 1. The van der Waals surface area contributed by atoms with E-state index in [4.69, 9.17) is 0 Å². The van der Waals surface area contributed by atoms with E-state index in [0.717, 1.165) is 12.8 Å². The van der Waals surface area contributed by atoms with Crippen LogP contribution >= 0.6 is 0 Å². The van der Waals surface area contributed by atoms with Gasteiger partial charge < -0.3 is 14.9 Å². The van der Waals surface area contributed by atoms with Crippen molar-refractivity contribution in [3.05, 3.63) is 0 Å². The maximum absolute atomic E-state index is 12.5. The third-order valence-corrected chi connectivity index (χ3v) is 4.39.